The molecule has 0 aromatic heterocycles. The molecule has 0 bridgehead atoms. The van der Waals surface area contributed by atoms with Gasteiger partial charge in [-0.3, -0.25) is 4.79 Å². The minimum atomic E-state index is -0.166. The summed E-state index contributed by atoms with van der Waals surface area (Å²) in [6.07, 6.45) is 2.15. The minimum Gasteiger partial charge on any atom is -0.378 e. The van der Waals surface area contributed by atoms with Gasteiger partial charge in [0.15, 0.2) is 0 Å². The highest BCUT2D eigenvalue weighted by Crippen LogP contribution is 2.17. The second-order valence-electron chi connectivity index (χ2n) is 6.45. The van der Waals surface area contributed by atoms with Crippen LogP contribution in [0.4, 0.5) is 0 Å². The Labute approximate surface area is 128 Å². The fourth-order valence-electron chi connectivity index (χ4n) is 3.01. The molecule has 2 saturated heterocycles. The third-order valence-electron chi connectivity index (χ3n) is 4.42. The minimum absolute atomic E-state index is 0.166. The van der Waals surface area contributed by atoms with Gasteiger partial charge in [-0.15, -0.1) is 0 Å². The van der Waals surface area contributed by atoms with Crippen LogP contribution in [0.15, 0.2) is 0 Å². The predicted molar refractivity (Wildman–Crippen MR) is 83.4 cm³/mol. The molecule has 0 spiro atoms. The van der Waals surface area contributed by atoms with E-state index in [0.29, 0.717) is 19.3 Å². The molecular formula is C15H30N4O2. The quantitative estimate of drug-likeness (QED) is 0.739. The first-order valence-corrected chi connectivity index (χ1v) is 8.03. The van der Waals surface area contributed by atoms with Crippen molar-refractivity contribution in [3.63, 3.8) is 0 Å². The van der Waals surface area contributed by atoms with Crippen LogP contribution >= 0.6 is 0 Å². The van der Waals surface area contributed by atoms with E-state index in [1.165, 1.54) is 0 Å². The summed E-state index contributed by atoms with van der Waals surface area (Å²) in [5, 5.41) is 3.29. The zero-order valence-corrected chi connectivity index (χ0v) is 13.7. The van der Waals surface area contributed by atoms with Gasteiger partial charge in [0, 0.05) is 25.7 Å². The molecule has 0 radical (unpaired) electrons. The maximum Gasteiger partial charge on any atom is 0.242 e. The van der Waals surface area contributed by atoms with Crippen molar-refractivity contribution >= 4 is 5.91 Å². The molecule has 122 valence electrons. The average Bonchev–Trinajstić information content (AvgIpc) is 2.49. The Kier molecular flexibility index (Phi) is 6.41. The number of likely N-dealkylation sites (tertiary alicyclic amines) is 1. The zero-order chi connectivity index (χ0) is 15.2. The van der Waals surface area contributed by atoms with Crippen molar-refractivity contribution in [2.75, 3.05) is 67.1 Å². The van der Waals surface area contributed by atoms with E-state index in [1.54, 1.807) is 0 Å². The molecule has 0 saturated carbocycles. The Balaban J connectivity index is 1.98. The van der Waals surface area contributed by atoms with Crippen molar-refractivity contribution in [2.24, 2.45) is 0 Å². The number of carbonyl (C=O) groups is 1. The Morgan fingerprint density at radius 2 is 2.00 bits per heavy atom. The van der Waals surface area contributed by atoms with Gasteiger partial charge in [-0.25, -0.2) is 0 Å². The van der Waals surface area contributed by atoms with E-state index in [0.717, 1.165) is 45.6 Å². The van der Waals surface area contributed by atoms with Crippen LogP contribution in [0.2, 0.25) is 0 Å². The van der Waals surface area contributed by atoms with Crippen molar-refractivity contribution in [2.45, 2.75) is 24.9 Å². The molecule has 6 nitrogen and oxygen atoms in total. The number of hydrogen-bond donors (Lipinski definition) is 1. The van der Waals surface area contributed by atoms with E-state index in [9.17, 15) is 4.79 Å². The van der Waals surface area contributed by atoms with Crippen LogP contribution in [0, 0.1) is 0 Å². The lowest BCUT2D eigenvalue weighted by Crippen LogP contribution is -2.57. The topological polar surface area (TPSA) is 48.1 Å². The van der Waals surface area contributed by atoms with Crippen molar-refractivity contribution in [1.82, 2.24) is 20.0 Å². The number of likely N-dealkylation sites (N-methyl/N-ethyl adjacent to an activating group) is 1. The van der Waals surface area contributed by atoms with Crippen molar-refractivity contribution in [3.8, 4) is 0 Å². The number of nitrogens with one attached hydrogen (secondary N) is 1. The third-order valence-corrected chi connectivity index (χ3v) is 4.42. The third kappa shape index (κ3) is 4.92. The second kappa shape index (κ2) is 8.08. The molecule has 1 amide bonds. The van der Waals surface area contributed by atoms with Crippen LogP contribution in [0.3, 0.4) is 0 Å². The first kappa shape index (κ1) is 16.7. The summed E-state index contributed by atoms with van der Waals surface area (Å²) < 4.78 is 5.45. The average molecular weight is 298 g/mol. The summed E-state index contributed by atoms with van der Waals surface area (Å²) in [6, 6.07) is 0.206. The highest BCUT2D eigenvalue weighted by Gasteiger charge is 2.32. The summed E-state index contributed by atoms with van der Waals surface area (Å²) in [5.74, 6) is 0.214. The highest BCUT2D eigenvalue weighted by atomic mass is 16.5. The lowest BCUT2D eigenvalue weighted by molar-refractivity contribution is -0.139. The van der Waals surface area contributed by atoms with E-state index in [4.69, 9.17) is 4.74 Å². The van der Waals surface area contributed by atoms with E-state index in [2.05, 4.69) is 41.2 Å². The molecule has 6 heteroatoms. The Morgan fingerprint density at radius 1 is 1.29 bits per heavy atom. The fraction of sp³-hybridized carbons (Fsp3) is 0.933. The summed E-state index contributed by atoms with van der Waals surface area (Å²) in [4.78, 5) is 19.4. The van der Waals surface area contributed by atoms with E-state index in [-0.39, 0.29) is 11.9 Å². The number of hydrogen-bond acceptors (Lipinski definition) is 5. The molecule has 1 N–H and O–H groups in total. The number of morpholine rings is 1. The summed E-state index contributed by atoms with van der Waals surface area (Å²) in [7, 11) is 6.26. The molecule has 2 fully saturated rings. The standard InChI is InChI=1S/C15H30N4O2/c1-17(2)9-10-19(13-4-7-18(3)8-5-13)15(20)14-12-21-11-6-16-14/h13-14,16H,4-12H2,1-3H3. The van der Waals surface area contributed by atoms with Gasteiger partial charge >= 0.3 is 0 Å². The monoisotopic (exact) mass is 298 g/mol. The molecule has 1 atom stereocenters. The molecule has 2 aliphatic heterocycles. The lowest BCUT2D eigenvalue weighted by atomic mass is 10.0. The van der Waals surface area contributed by atoms with Gasteiger partial charge in [-0.1, -0.05) is 0 Å². The second-order valence-corrected chi connectivity index (χ2v) is 6.45. The normalized spacial score (nSPS) is 25.2. The zero-order valence-electron chi connectivity index (χ0n) is 13.7. The molecule has 0 aliphatic carbocycles. The van der Waals surface area contributed by atoms with Crippen LogP contribution in [-0.2, 0) is 9.53 Å². The summed E-state index contributed by atoms with van der Waals surface area (Å²) in [6.45, 7) is 5.84. The lowest BCUT2D eigenvalue weighted by Gasteiger charge is -2.40. The number of amides is 1. The van der Waals surface area contributed by atoms with Crippen LogP contribution in [0.1, 0.15) is 12.8 Å². The number of piperidine rings is 1. The molecule has 0 aromatic rings. The highest BCUT2D eigenvalue weighted by molar-refractivity contribution is 5.82. The Bertz CT molecular complexity index is 324. The van der Waals surface area contributed by atoms with Crippen LogP contribution in [-0.4, -0.2) is 99.8 Å². The van der Waals surface area contributed by atoms with Crippen molar-refractivity contribution in [1.29, 1.82) is 0 Å². The smallest absolute Gasteiger partial charge is 0.242 e. The van der Waals surface area contributed by atoms with E-state index >= 15 is 0 Å². The van der Waals surface area contributed by atoms with Crippen LogP contribution in [0.5, 0.6) is 0 Å². The predicted octanol–water partition coefficient (Wildman–Crippen LogP) is -0.541. The molecule has 21 heavy (non-hydrogen) atoms. The number of ether oxygens (including phenoxy) is 1. The van der Waals surface area contributed by atoms with Crippen LogP contribution < -0.4 is 5.32 Å². The van der Waals surface area contributed by atoms with Gasteiger partial charge in [0.1, 0.15) is 6.04 Å². The van der Waals surface area contributed by atoms with Crippen molar-refractivity contribution < 1.29 is 9.53 Å². The van der Waals surface area contributed by atoms with Crippen molar-refractivity contribution in [3.05, 3.63) is 0 Å². The Morgan fingerprint density at radius 3 is 2.57 bits per heavy atom. The SMILES string of the molecule is CN(C)CCN(C(=O)C1COCCN1)C1CCN(C)CC1. The molecule has 1 unspecified atom stereocenters. The number of carbonyl (C=O) groups excluding carboxylic acids is 1. The summed E-state index contributed by atoms with van der Waals surface area (Å²) in [5.41, 5.74) is 0. The van der Waals surface area contributed by atoms with Gasteiger partial charge in [-0.2, -0.15) is 0 Å². The maximum absolute atomic E-state index is 12.8. The molecule has 2 heterocycles. The van der Waals surface area contributed by atoms with Gasteiger partial charge < -0.3 is 24.8 Å². The largest absolute Gasteiger partial charge is 0.378 e. The van der Waals surface area contributed by atoms with Gasteiger partial charge in [-0.05, 0) is 47.1 Å². The van der Waals surface area contributed by atoms with Crippen LogP contribution in [0.25, 0.3) is 0 Å². The summed E-state index contributed by atoms with van der Waals surface area (Å²) >= 11 is 0. The van der Waals surface area contributed by atoms with Gasteiger partial charge in [0.25, 0.3) is 0 Å². The molecule has 2 aliphatic rings. The molecule has 2 rings (SSSR count). The molecular weight excluding hydrogens is 268 g/mol. The van der Waals surface area contributed by atoms with Gasteiger partial charge in [0.2, 0.25) is 5.91 Å². The van der Waals surface area contributed by atoms with E-state index < -0.39 is 0 Å². The van der Waals surface area contributed by atoms with Gasteiger partial charge in [0.05, 0.1) is 13.2 Å². The maximum atomic E-state index is 12.8. The fourth-order valence-corrected chi connectivity index (χ4v) is 3.01. The first-order chi connectivity index (χ1) is 10.1. The van der Waals surface area contributed by atoms with E-state index in [1.807, 2.05) is 0 Å². The first-order valence-electron chi connectivity index (χ1n) is 8.03. The molecule has 0 aromatic carbocycles. The number of rotatable bonds is 5. The Hall–Kier alpha value is -0.690. The number of nitrogens with zero attached hydrogens (tertiary/aromatic N) is 3.